The van der Waals surface area contributed by atoms with E-state index in [1.807, 2.05) is 13.0 Å². The van der Waals surface area contributed by atoms with Gasteiger partial charge in [0.25, 0.3) is 0 Å². The number of piperidine rings is 1. The van der Waals surface area contributed by atoms with E-state index >= 15 is 0 Å². The number of pyridine rings is 1. The summed E-state index contributed by atoms with van der Waals surface area (Å²) in [5.41, 5.74) is 3.17. The van der Waals surface area contributed by atoms with Crippen LogP contribution in [0, 0.1) is 19.8 Å². The smallest absolute Gasteiger partial charge is 0.134 e. The molecule has 0 amide bonds. The van der Waals surface area contributed by atoms with Crippen molar-refractivity contribution in [3.63, 3.8) is 0 Å². The molecule has 1 N–H and O–H groups in total. The minimum Gasteiger partial charge on any atom is -0.392 e. The van der Waals surface area contributed by atoms with Gasteiger partial charge in [-0.05, 0) is 51.2 Å². The normalized spacial score (nSPS) is 24.4. The van der Waals surface area contributed by atoms with Gasteiger partial charge in [0.1, 0.15) is 5.82 Å². The predicted molar refractivity (Wildman–Crippen MR) is 74.8 cm³/mol. The second-order valence-corrected chi connectivity index (χ2v) is 5.71. The number of aromatic nitrogens is 1. The number of rotatable bonds is 2. The van der Waals surface area contributed by atoms with E-state index in [1.165, 1.54) is 12.8 Å². The van der Waals surface area contributed by atoms with Crippen LogP contribution in [-0.4, -0.2) is 22.7 Å². The second kappa shape index (κ2) is 5.27. The molecule has 3 nitrogen and oxygen atoms in total. The molecule has 3 heteroatoms. The van der Waals surface area contributed by atoms with E-state index < -0.39 is 0 Å². The number of aryl methyl sites for hydroxylation is 2. The Hall–Kier alpha value is -1.09. The molecule has 0 aromatic carbocycles. The Morgan fingerprint density at radius 2 is 2.11 bits per heavy atom. The Balaban J connectivity index is 2.37. The fraction of sp³-hybridized carbons (Fsp3) is 0.667. The number of aliphatic hydroxyl groups excluding tert-OH is 1. The van der Waals surface area contributed by atoms with Crippen LogP contribution >= 0.6 is 0 Å². The van der Waals surface area contributed by atoms with Crippen LogP contribution in [0.3, 0.4) is 0 Å². The highest BCUT2D eigenvalue weighted by Gasteiger charge is 2.26. The van der Waals surface area contributed by atoms with Gasteiger partial charge in [-0.2, -0.15) is 0 Å². The van der Waals surface area contributed by atoms with Crippen molar-refractivity contribution in [3.8, 4) is 0 Å². The summed E-state index contributed by atoms with van der Waals surface area (Å²) in [6.07, 6.45) is 2.42. The van der Waals surface area contributed by atoms with Crippen LogP contribution in [0.1, 0.15) is 43.5 Å². The Labute approximate surface area is 110 Å². The van der Waals surface area contributed by atoms with Gasteiger partial charge >= 0.3 is 0 Å². The summed E-state index contributed by atoms with van der Waals surface area (Å²) in [6.45, 7) is 9.78. The number of nitrogens with zero attached hydrogens (tertiary/aromatic N) is 2. The van der Waals surface area contributed by atoms with Crippen molar-refractivity contribution in [2.45, 2.75) is 53.2 Å². The summed E-state index contributed by atoms with van der Waals surface area (Å²) in [4.78, 5) is 7.04. The van der Waals surface area contributed by atoms with Gasteiger partial charge in [0.05, 0.1) is 6.61 Å². The molecule has 1 aromatic heterocycles. The maximum absolute atomic E-state index is 9.59. The summed E-state index contributed by atoms with van der Waals surface area (Å²) < 4.78 is 0. The van der Waals surface area contributed by atoms with Crippen molar-refractivity contribution in [1.82, 2.24) is 4.98 Å². The van der Waals surface area contributed by atoms with Crippen molar-refractivity contribution in [1.29, 1.82) is 0 Å². The predicted octanol–water partition coefficient (Wildman–Crippen LogP) is 2.82. The van der Waals surface area contributed by atoms with Crippen molar-refractivity contribution in [2.75, 3.05) is 11.4 Å². The van der Waals surface area contributed by atoms with Crippen molar-refractivity contribution >= 4 is 5.82 Å². The maximum Gasteiger partial charge on any atom is 0.134 e. The Kier molecular flexibility index (Phi) is 3.91. The zero-order valence-electron chi connectivity index (χ0n) is 11.9. The van der Waals surface area contributed by atoms with Gasteiger partial charge in [0.15, 0.2) is 0 Å². The van der Waals surface area contributed by atoms with Crippen LogP contribution in [-0.2, 0) is 6.61 Å². The van der Waals surface area contributed by atoms with Crippen LogP contribution in [0.4, 0.5) is 5.82 Å². The lowest BCUT2D eigenvalue weighted by atomic mass is 9.93. The summed E-state index contributed by atoms with van der Waals surface area (Å²) in [5.74, 6) is 1.79. The fourth-order valence-electron chi connectivity index (χ4n) is 3.00. The monoisotopic (exact) mass is 248 g/mol. The molecule has 2 rings (SSSR count). The quantitative estimate of drug-likeness (QED) is 0.874. The first kappa shape index (κ1) is 13.3. The van der Waals surface area contributed by atoms with Crippen LogP contribution in [0.15, 0.2) is 6.07 Å². The Bertz CT molecular complexity index is 431. The highest BCUT2D eigenvalue weighted by atomic mass is 16.3. The molecule has 0 saturated carbocycles. The second-order valence-electron chi connectivity index (χ2n) is 5.71. The average molecular weight is 248 g/mol. The lowest BCUT2D eigenvalue weighted by molar-refractivity contribution is 0.279. The molecule has 0 bridgehead atoms. The van der Waals surface area contributed by atoms with Crippen LogP contribution < -0.4 is 4.90 Å². The summed E-state index contributed by atoms with van der Waals surface area (Å²) in [7, 11) is 0. The highest BCUT2D eigenvalue weighted by Crippen LogP contribution is 2.30. The zero-order valence-corrected chi connectivity index (χ0v) is 11.9. The third kappa shape index (κ3) is 2.51. The molecular weight excluding hydrogens is 224 g/mol. The van der Waals surface area contributed by atoms with Gasteiger partial charge in [0, 0.05) is 23.8 Å². The number of hydrogen-bond donors (Lipinski definition) is 1. The molecule has 2 heterocycles. The van der Waals surface area contributed by atoms with E-state index in [0.717, 1.165) is 35.1 Å². The molecule has 1 aromatic rings. The minimum absolute atomic E-state index is 0.0766. The van der Waals surface area contributed by atoms with E-state index in [0.29, 0.717) is 6.04 Å². The summed E-state index contributed by atoms with van der Waals surface area (Å²) in [6, 6.07) is 2.56. The zero-order chi connectivity index (χ0) is 13.3. The molecule has 0 spiro atoms. The molecule has 1 saturated heterocycles. The SMILES string of the molecule is Cc1cc(C)c(CO)c(N2CCC(C)CC2C)n1. The summed E-state index contributed by atoms with van der Waals surface area (Å²) in [5, 5.41) is 9.59. The third-order valence-electron chi connectivity index (χ3n) is 4.02. The maximum atomic E-state index is 9.59. The average Bonchev–Trinajstić information content (AvgIpc) is 2.28. The van der Waals surface area contributed by atoms with E-state index in [2.05, 4.69) is 30.7 Å². The largest absolute Gasteiger partial charge is 0.392 e. The first-order valence-corrected chi connectivity index (χ1v) is 6.87. The van der Waals surface area contributed by atoms with E-state index in [9.17, 15) is 5.11 Å². The van der Waals surface area contributed by atoms with Crippen LogP contribution in [0.2, 0.25) is 0 Å². The van der Waals surface area contributed by atoms with Crippen LogP contribution in [0.25, 0.3) is 0 Å². The molecule has 1 aliphatic rings. The van der Waals surface area contributed by atoms with E-state index in [4.69, 9.17) is 0 Å². The van der Waals surface area contributed by atoms with Crippen LogP contribution in [0.5, 0.6) is 0 Å². The minimum atomic E-state index is 0.0766. The molecule has 0 radical (unpaired) electrons. The van der Waals surface area contributed by atoms with Gasteiger partial charge in [-0.1, -0.05) is 6.92 Å². The van der Waals surface area contributed by atoms with Gasteiger partial charge in [-0.15, -0.1) is 0 Å². The first-order chi connectivity index (χ1) is 8.52. The van der Waals surface area contributed by atoms with Gasteiger partial charge in [-0.25, -0.2) is 4.98 Å². The molecule has 18 heavy (non-hydrogen) atoms. The molecule has 1 aliphatic heterocycles. The Morgan fingerprint density at radius 3 is 2.72 bits per heavy atom. The third-order valence-corrected chi connectivity index (χ3v) is 4.02. The molecule has 2 unspecified atom stereocenters. The molecule has 2 atom stereocenters. The van der Waals surface area contributed by atoms with Crippen molar-refractivity contribution in [2.24, 2.45) is 5.92 Å². The van der Waals surface area contributed by atoms with E-state index in [1.54, 1.807) is 0 Å². The molecule has 0 aliphatic carbocycles. The van der Waals surface area contributed by atoms with Gasteiger partial charge in [-0.3, -0.25) is 0 Å². The fourth-order valence-corrected chi connectivity index (χ4v) is 3.00. The standard InChI is InChI=1S/C15H24N2O/c1-10-5-6-17(13(4)7-10)15-14(9-18)11(2)8-12(3)16-15/h8,10,13,18H,5-7,9H2,1-4H3. The van der Waals surface area contributed by atoms with Crippen molar-refractivity contribution in [3.05, 3.63) is 22.9 Å². The van der Waals surface area contributed by atoms with Gasteiger partial charge < -0.3 is 10.0 Å². The molecule has 100 valence electrons. The lowest BCUT2D eigenvalue weighted by Crippen LogP contribution is -2.41. The summed E-state index contributed by atoms with van der Waals surface area (Å²) >= 11 is 0. The highest BCUT2D eigenvalue weighted by molar-refractivity contribution is 5.52. The topological polar surface area (TPSA) is 36.4 Å². The Morgan fingerprint density at radius 1 is 1.39 bits per heavy atom. The van der Waals surface area contributed by atoms with E-state index in [-0.39, 0.29) is 6.61 Å². The van der Waals surface area contributed by atoms with Gasteiger partial charge in [0.2, 0.25) is 0 Å². The lowest BCUT2D eigenvalue weighted by Gasteiger charge is -2.38. The molecular formula is C15H24N2O. The number of anilines is 1. The first-order valence-electron chi connectivity index (χ1n) is 6.87. The molecule has 1 fully saturated rings. The number of hydrogen-bond acceptors (Lipinski definition) is 3. The van der Waals surface area contributed by atoms with Crippen molar-refractivity contribution < 1.29 is 5.11 Å². The number of aliphatic hydroxyl groups is 1.